The van der Waals surface area contributed by atoms with E-state index in [-0.39, 0.29) is 11.8 Å². The van der Waals surface area contributed by atoms with Crippen molar-refractivity contribution in [1.82, 2.24) is 9.80 Å². The molecule has 1 aliphatic rings. The number of amides is 2. The Hall–Kier alpha value is -2.28. The first kappa shape index (κ1) is 19.5. The number of aryl methyl sites for hydroxylation is 3. The summed E-state index contributed by atoms with van der Waals surface area (Å²) in [4.78, 5) is 29.2. The fraction of sp³-hybridized carbons (Fsp3) is 0.400. The zero-order valence-electron chi connectivity index (χ0n) is 16.0. The number of halogens is 1. The van der Waals surface area contributed by atoms with Gasteiger partial charge in [0, 0.05) is 31.7 Å². The van der Waals surface area contributed by atoms with Crippen molar-refractivity contribution in [3.63, 3.8) is 0 Å². The Morgan fingerprint density at radius 1 is 1.00 bits per heavy atom. The van der Waals surface area contributed by atoms with Gasteiger partial charge in [-0.05, 0) is 54.4 Å². The first-order chi connectivity index (χ1) is 12.8. The lowest BCUT2D eigenvalue weighted by molar-refractivity contribution is 0.0534. The van der Waals surface area contributed by atoms with Crippen molar-refractivity contribution in [2.45, 2.75) is 20.8 Å². The first-order valence-corrected chi connectivity index (χ1v) is 9.61. The lowest BCUT2D eigenvalue weighted by atomic mass is 10.1. The van der Waals surface area contributed by atoms with E-state index in [0.717, 1.165) is 5.56 Å². The number of piperazine rings is 1. The van der Waals surface area contributed by atoms with Crippen molar-refractivity contribution >= 4 is 27.7 Å². The summed E-state index contributed by atoms with van der Waals surface area (Å²) in [6.07, 6.45) is 0. The lowest BCUT2D eigenvalue weighted by Crippen LogP contribution is -2.50. The fourth-order valence-corrected chi connectivity index (χ4v) is 3.84. The van der Waals surface area contributed by atoms with Crippen LogP contribution in [0, 0.1) is 20.8 Å². The Labute approximate surface area is 167 Å². The highest BCUT2D eigenvalue weighted by atomic mass is 79.9. The van der Waals surface area contributed by atoms with Gasteiger partial charge in [0.05, 0.1) is 17.1 Å². The normalized spacial score (nSPS) is 14.4. The summed E-state index contributed by atoms with van der Waals surface area (Å²) in [7, 11) is 1.60. The molecule has 1 saturated heterocycles. The summed E-state index contributed by atoms with van der Waals surface area (Å²) in [6.45, 7) is 7.51. The van der Waals surface area contributed by atoms with Gasteiger partial charge >= 0.3 is 0 Å². The molecule has 0 bridgehead atoms. The molecule has 0 atom stereocenters. The van der Waals surface area contributed by atoms with E-state index in [1.807, 2.05) is 26.0 Å². The summed E-state index contributed by atoms with van der Waals surface area (Å²) in [5, 5.41) is 0. The number of furan rings is 1. The third-order valence-electron chi connectivity index (χ3n) is 4.91. The van der Waals surface area contributed by atoms with Crippen LogP contribution in [-0.2, 0) is 0 Å². The van der Waals surface area contributed by atoms with Crippen LogP contribution in [0.2, 0.25) is 0 Å². The molecule has 6 nitrogen and oxygen atoms in total. The Morgan fingerprint density at radius 2 is 1.59 bits per heavy atom. The van der Waals surface area contributed by atoms with Gasteiger partial charge in [-0.3, -0.25) is 9.59 Å². The van der Waals surface area contributed by atoms with Crippen LogP contribution < -0.4 is 4.74 Å². The molecule has 0 unspecified atom stereocenters. The van der Waals surface area contributed by atoms with Crippen molar-refractivity contribution < 1.29 is 18.7 Å². The van der Waals surface area contributed by atoms with E-state index in [4.69, 9.17) is 9.15 Å². The predicted octanol–water partition coefficient (Wildman–Crippen LogP) is 3.57. The van der Waals surface area contributed by atoms with Crippen LogP contribution in [0.25, 0.3) is 0 Å². The quantitative estimate of drug-likeness (QED) is 0.740. The molecule has 2 heterocycles. The van der Waals surface area contributed by atoms with Gasteiger partial charge < -0.3 is 19.0 Å². The molecule has 144 valence electrons. The van der Waals surface area contributed by atoms with Crippen LogP contribution in [-0.4, -0.2) is 54.9 Å². The van der Waals surface area contributed by atoms with E-state index in [2.05, 4.69) is 15.9 Å². The van der Waals surface area contributed by atoms with E-state index in [1.165, 1.54) is 0 Å². The van der Waals surface area contributed by atoms with Crippen molar-refractivity contribution in [3.8, 4) is 5.75 Å². The van der Waals surface area contributed by atoms with Crippen molar-refractivity contribution in [2.75, 3.05) is 33.3 Å². The molecule has 2 amide bonds. The molecule has 2 aromatic rings. The van der Waals surface area contributed by atoms with Crippen LogP contribution in [0.15, 0.2) is 27.1 Å². The van der Waals surface area contributed by atoms with E-state index < -0.39 is 0 Å². The number of benzene rings is 1. The Kier molecular flexibility index (Phi) is 5.60. The van der Waals surface area contributed by atoms with Crippen LogP contribution in [0.5, 0.6) is 5.75 Å². The minimum atomic E-state index is -0.0691. The highest BCUT2D eigenvalue weighted by molar-refractivity contribution is 9.10. The molecule has 7 heteroatoms. The van der Waals surface area contributed by atoms with E-state index >= 15 is 0 Å². The predicted molar refractivity (Wildman–Crippen MR) is 105 cm³/mol. The second kappa shape index (κ2) is 7.76. The highest BCUT2D eigenvalue weighted by Gasteiger charge is 2.29. The lowest BCUT2D eigenvalue weighted by Gasteiger charge is -2.35. The van der Waals surface area contributed by atoms with Gasteiger partial charge in [0.2, 0.25) is 0 Å². The van der Waals surface area contributed by atoms with E-state index in [0.29, 0.717) is 59.0 Å². The van der Waals surface area contributed by atoms with Gasteiger partial charge in [-0.25, -0.2) is 0 Å². The molecule has 1 aromatic heterocycles. The van der Waals surface area contributed by atoms with Crippen molar-refractivity contribution in [1.29, 1.82) is 0 Å². The van der Waals surface area contributed by atoms with E-state index in [1.54, 1.807) is 29.9 Å². The molecular weight excluding hydrogens is 412 g/mol. The standard InChI is InChI=1S/C20H23BrN2O4/c1-12-5-6-15(11-16(12)26-4)19(24)22-7-9-23(10-8-22)20(25)17-13(2)27-14(3)18(17)21/h5-6,11H,7-10H2,1-4H3. The fourth-order valence-electron chi connectivity index (χ4n) is 3.31. The van der Waals surface area contributed by atoms with Crippen LogP contribution in [0.1, 0.15) is 37.8 Å². The largest absolute Gasteiger partial charge is 0.496 e. The van der Waals surface area contributed by atoms with Crippen LogP contribution in [0.4, 0.5) is 0 Å². The Morgan fingerprint density at radius 3 is 2.11 bits per heavy atom. The first-order valence-electron chi connectivity index (χ1n) is 8.82. The Bertz CT molecular complexity index is 882. The van der Waals surface area contributed by atoms with E-state index in [9.17, 15) is 9.59 Å². The topological polar surface area (TPSA) is 63.0 Å². The summed E-state index contributed by atoms with van der Waals surface area (Å²) in [5.41, 5.74) is 2.15. The van der Waals surface area contributed by atoms with Crippen molar-refractivity contribution in [3.05, 3.63) is 50.9 Å². The van der Waals surface area contributed by atoms with Crippen LogP contribution in [0.3, 0.4) is 0 Å². The Balaban J connectivity index is 1.68. The van der Waals surface area contributed by atoms with Gasteiger partial charge in [-0.15, -0.1) is 0 Å². The zero-order valence-corrected chi connectivity index (χ0v) is 17.6. The number of hydrogen-bond donors (Lipinski definition) is 0. The number of rotatable bonds is 3. The van der Waals surface area contributed by atoms with Crippen molar-refractivity contribution in [2.24, 2.45) is 0 Å². The second-order valence-corrected chi connectivity index (χ2v) is 7.47. The highest BCUT2D eigenvalue weighted by Crippen LogP contribution is 2.29. The number of carbonyl (C=O) groups is 2. The van der Waals surface area contributed by atoms with Gasteiger partial charge in [-0.1, -0.05) is 6.07 Å². The third kappa shape index (κ3) is 3.74. The summed E-state index contributed by atoms with van der Waals surface area (Å²) >= 11 is 3.44. The van der Waals surface area contributed by atoms with Crippen LogP contribution >= 0.6 is 15.9 Å². The average Bonchev–Trinajstić information content (AvgIpc) is 2.93. The zero-order chi connectivity index (χ0) is 19.7. The SMILES string of the molecule is COc1cc(C(=O)N2CCN(C(=O)c3c(C)oc(C)c3Br)CC2)ccc1C. The molecule has 3 rings (SSSR count). The maximum atomic E-state index is 12.8. The average molecular weight is 435 g/mol. The number of hydrogen-bond acceptors (Lipinski definition) is 4. The molecule has 0 aliphatic carbocycles. The smallest absolute Gasteiger partial charge is 0.258 e. The monoisotopic (exact) mass is 434 g/mol. The van der Waals surface area contributed by atoms with Gasteiger partial charge in [0.1, 0.15) is 17.3 Å². The maximum absolute atomic E-state index is 12.8. The number of nitrogens with zero attached hydrogens (tertiary/aromatic N) is 2. The van der Waals surface area contributed by atoms with Gasteiger partial charge in [0.25, 0.3) is 11.8 Å². The maximum Gasteiger partial charge on any atom is 0.258 e. The second-order valence-electron chi connectivity index (χ2n) is 6.67. The third-order valence-corrected chi connectivity index (χ3v) is 5.86. The van der Waals surface area contributed by atoms with Gasteiger partial charge in [-0.2, -0.15) is 0 Å². The molecule has 1 fully saturated rings. The molecule has 1 aliphatic heterocycles. The number of carbonyl (C=O) groups excluding carboxylic acids is 2. The molecule has 0 spiro atoms. The summed E-state index contributed by atoms with van der Waals surface area (Å²) in [6, 6.07) is 5.46. The minimum Gasteiger partial charge on any atom is -0.496 e. The molecule has 0 N–H and O–H groups in total. The molecule has 0 radical (unpaired) electrons. The molecule has 27 heavy (non-hydrogen) atoms. The van der Waals surface area contributed by atoms with Gasteiger partial charge in [0.15, 0.2) is 0 Å². The molecule has 1 aromatic carbocycles. The molecule has 0 saturated carbocycles. The molecular formula is C20H23BrN2O4. The number of methoxy groups -OCH3 is 1. The number of ether oxygens (including phenoxy) is 1. The summed E-state index contributed by atoms with van der Waals surface area (Å²) in [5.74, 6) is 1.88. The summed E-state index contributed by atoms with van der Waals surface area (Å²) < 4.78 is 11.5. The minimum absolute atomic E-state index is 0.0445.